The summed E-state index contributed by atoms with van der Waals surface area (Å²) < 4.78 is 0. The molecule has 17 rings (SSSR count). The van der Waals surface area contributed by atoms with Gasteiger partial charge in [0.2, 0.25) is 23.6 Å². The van der Waals surface area contributed by atoms with Crippen LogP contribution >= 0.6 is 0 Å². The molecular formula is C49H63N3O4. The zero-order chi connectivity index (χ0) is 37.3. The third-order valence-electron chi connectivity index (χ3n) is 20.0. The van der Waals surface area contributed by atoms with Crippen molar-refractivity contribution < 1.29 is 19.2 Å². The maximum atomic E-state index is 15.7. The number of imide groups is 2. The van der Waals surface area contributed by atoms with Crippen LogP contribution in [0.1, 0.15) is 154 Å². The van der Waals surface area contributed by atoms with E-state index in [-0.39, 0.29) is 23.6 Å². The molecule has 0 aliphatic heterocycles. The van der Waals surface area contributed by atoms with Gasteiger partial charge in [-0.3, -0.25) is 19.2 Å². The Morgan fingerprint density at radius 1 is 0.357 bits per heavy atom. The first-order chi connectivity index (χ1) is 27.0. The van der Waals surface area contributed by atoms with E-state index in [9.17, 15) is 0 Å². The molecule has 1 aromatic rings. The third-order valence-corrected chi connectivity index (χ3v) is 20.0. The lowest BCUT2D eigenvalue weighted by molar-refractivity contribution is -0.154. The van der Waals surface area contributed by atoms with Gasteiger partial charge < -0.3 is 0 Å². The van der Waals surface area contributed by atoms with Crippen LogP contribution in [0.4, 0.5) is 11.6 Å². The Morgan fingerprint density at radius 2 is 0.536 bits per heavy atom. The first-order valence-corrected chi connectivity index (χ1v) is 23.8. The van der Waals surface area contributed by atoms with Crippen molar-refractivity contribution >= 4 is 35.3 Å². The number of hydrogen-bond acceptors (Lipinski definition) is 5. The number of nitrogens with zero attached hydrogens (tertiary/aromatic N) is 3. The zero-order valence-corrected chi connectivity index (χ0v) is 33.6. The van der Waals surface area contributed by atoms with Crippen LogP contribution in [0.25, 0.3) is 0 Å². The maximum absolute atomic E-state index is 15.7. The molecule has 16 aliphatic rings. The van der Waals surface area contributed by atoms with Crippen LogP contribution in [-0.4, -0.2) is 28.6 Å². The zero-order valence-electron chi connectivity index (χ0n) is 33.6. The van der Waals surface area contributed by atoms with E-state index in [1.807, 2.05) is 18.2 Å². The molecule has 0 spiro atoms. The summed E-state index contributed by atoms with van der Waals surface area (Å²) in [5.41, 5.74) is -2.02. The lowest BCUT2D eigenvalue weighted by Crippen LogP contribution is -2.61. The highest BCUT2D eigenvalue weighted by molar-refractivity contribution is 6.20. The van der Waals surface area contributed by atoms with Crippen molar-refractivity contribution in [1.29, 1.82) is 0 Å². The van der Waals surface area contributed by atoms with Crippen LogP contribution in [0.15, 0.2) is 18.2 Å². The molecule has 16 aliphatic carbocycles. The van der Waals surface area contributed by atoms with Crippen molar-refractivity contribution in [2.45, 2.75) is 154 Å². The number of aromatic nitrogens is 1. The molecule has 298 valence electrons. The van der Waals surface area contributed by atoms with E-state index in [2.05, 4.69) is 0 Å². The summed E-state index contributed by atoms with van der Waals surface area (Å²) >= 11 is 0. The van der Waals surface area contributed by atoms with Crippen LogP contribution in [0, 0.1) is 92.7 Å². The summed E-state index contributed by atoms with van der Waals surface area (Å²) in [6, 6.07) is 5.67. The van der Waals surface area contributed by atoms with E-state index in [0.29, 0.717) is 82.7 Å². The Bertz CT molecular complexity index is 1530. The van der Waals surface area contributed by atoms with Crippen LogP contribution < -0.4 is 9.80 Å². The van der Waals surface area contributed by atoms with Gasteiger partial charge in [-0.15, -0.1) is 0 Å². The number of carbonyl (C=O) groups excluding carboxylic acids is 4. The smallest absolute Gasteiger partial charge is 0.241 e. The Balaban J connectivity index is 0.925. The van der Waals surface area contributed by atoms with Gasteiger partial charge in [0, 0.05) is 0 Å². The number of amides is 4. The lowest BCUT2D eigenvalue weighted by Gasteiger charge is -2.58. The number of anilines is 2. The molecule has 1 heterocycles. The molecule has 0 unspecified atom stereocenters. The van der Waals surface area contributed by atoms with Crippen molar-refractivity contribution in [2.75, 3.05) is 9.80 Å². The highest BCUT2D eigenvalue weighted by atomic mass is 16.2. The molecule has 0 radical (unpaired) electrons. The van der Waals surface area contributed by atoms with Gasteiger partial charge in [-0.25, -0.2) is 14.8 Å². The molecule has 0 aromatic carbocycles. The van der Waals surface area contributed by atoms with Gasteiger partial charge in [0.1, 0.15) is 11.6 Å². The van der Waals surface area contributed by atoms with Crippen molar-refractivity contribution in [3.8, 4) is 0 Å². The molecule has 16 saturated carbocycles. The number of pyridine rings is 1. The third kappa shape index (κ3) is 4.90. The van der Waals surface area contributed by atoms with E-state index in [4.69, 9.17) is 4.98 Å². The number of carbonyl (C=O) groups is 4. The average Bonchev–Trinajstić information content (AvgIpc) is 3.13. The molecule has 16 bridgehead atoms. The van der Waals surface area contributed by atoms with Crippen LogP contribution in [-0.2, 0) is 19.2 Å². The van der Waals surface area contributed by atoms with Crippen molar-refractivity contribution in [3.05, 3.63) is 18.2 Å². The van der Waals surface area contributed by atoms with Crippen molar-refractivity contribution in [1.82, 2.24) is 4.98 Å². The molecule has 4 amide bonds. The first-order valence-electron chi connectivity index (χ1n) is 23.8. The fourth-order valence-electron chi connectivity index (χ4n) is 19.7. The van der Waals surface area contributed by atoms with Gasteiger partial charge in [0.15, 0.2) is 0 Å². The number of rotatable bonds is 6. The van der Waals surface area contributed by atoms with E-state index in [1.54, 1.807) is 9.80 Å². The summed E-state index contributed by atoms with van der Waals surface area (Å²) in [6.07, 6.45) is 25.5. The van der Waals surface area contributed by atoms with Gasteiger partial charge in [-0.2, -0.15) is 0 Å². The SMILES string of the molecule is O=C(N(C(=O)C12CC3CC(CC(C3)C1)C2)c1cccc(N(C(=O)C23CC4CC(CC(C4)C2)C3)C(=O)C23CC4CC(CC(C4)C2)C3)n1)C12CC3CC(CC(C3)C1)C2. The van der Waals surface area contributed by atoms with Crippen molar-refractivity contribution in [2.24, 2.45) is 92.7 Å². The van der Waals surface area contributed by atoms with Crippen LogP contribution in [0.2, 0.25) is 0 Å². The molecule has 0 atom stereocenters. The Hall–Kier alpha value is -2.57. The Morgan fingerprint density at radius 3 is 0.714 bits per heavy atom. The highest BCUT2D eigenvalue weighted by Crippen LogP contribution is 2.66. The largest absolute Gasteiger partial charge is 0.273 e. The highest BCUT2D eigenvalue weighted by Gasteiger charge is 2.63. The van der Waals surface area contributed by atoms with Gasteiger partial charge >= 0.3 is 0 Å². The molecule has 1 aromatic heterocycles. The van der Waals surface area contributed by atoms with E-state index < -0.39 is 21.7 Å². The minimum atomic E-state index is -0.506. The predicted octanol–water partition coefficient (Wildman–Crippen LogP) is 9.67. The van der Waals surface area contributed by atoms with Gasteiger partial charge in [0.05, 0.1) is 21.7 Å². The second kappa shape index (κ2) is 11.6. The van der Waals surface area contributed by atoms with Crippen molar-refractivity contribution in [3.63, 3.8) is 0 Å². The maximum Gasteiger partial charge on any atom is 0.241 e. The predicted molar refractivity (Wildman–Crippen MR) is 212 cm³/mol. The minimum Gasteiger partial charge on any atom is -0.273 e. The summed E-state index contributed by atoms with van der Waals surface area (Å²) in [5.74, 6) is 7.65. The number of hydrogen-bond donors (Lipinski definition) is 0. The topological polar surface area (TPSA) is 87.7 Å². The van der Waals surface area contributed by atoms with Crippen LogP contribution in [0.5, 0.6) is 0 Å². The lowest BCUT2D eigenvalue weighted by atomic mass is 9.48. The first kappa shape index (κ1) is 34.3. The monoisotopic (exact) mass is 757 g/mol. The molecule has 7 nitrogen and oxygen atoms in total. The Labute approximate surface area is 333 Å². The molecular weight excluding hydrogens is 695 g/mol. The summed E-state index contributed by atoms with van der Waals surface area (Å²) in [6.45, 7) is 0. The fourth-order valence-corrected chi connectivity index (χ4v) is 19.7. The molecule has 56 heavy (non-hydrogen) atoms. The molecule has 7 heteroatoms. The van der Waals surface area contributed by atoms with Gasteiger partial charge in [-0.05, 0) is 237 Å². The van der Waals surface area contributed by atoms with E-state index >= 15 is 19.2 Å². The second-order valence-corrected chi connectivity index (χ2v) is 24.0. The van der Waals surface area contributed by atoms with E-state index in [0.717, 1.165) is 77.0 Å². The molecule has 0 saturated heterocycles. The van der Waals surface area contributed by atoms with Crippen LogP contribution in [0.3, 0.4) is 0 Å². The van der Waals surface area contributed by atoms with Gasteiger partial charge in [0.25, 0.3) is 0 Å². The Kier molecular flexibility index (Phi) is 7.09. The molecule has 0 N–H and O–H groups in total. The average molecular weight is 758 g/mol. The fraction of sp³-hybridized carbons (Fsp3) is 0.816. The van der Waals surface area contributed by atoms with E-state index in [1.165, 1.54) is 77.0 Å². The summed E-state index contributed by atoms with van der Waals surface area (Å²) in [4.78, 5) is 71.2. The quantitative estimate of drug-likeness (QED) is 0.270. The summed E-state index contributed by atoms with van der Waals surface area (Å²) in [7, 11) is 0. The standard InChI is InChI=1S/C49H63N3O4/c53-42(46-16-28-4-29(17-46)6-30(5-28)18-46)51(43(54)47-19-31-7-32(20-47)9-33(8-31)21-47)40-2-1-3-41(50-40)52(44(55)48-22-34-10-35(23-48)12-36(11-34)24-48)45(56)49-25-37-13-38(26-49)15-39(14-37)27-49/h1-3,28-39H,4-27H2. The minimum absolute atomic E-state index is 0.00614. The second-order valence-electron chi connectivity index (χ2n) is 24.0. The molecule has 16 fully saturated rings. The summed E-state index contributed by atoms with van der Waals surface area (Å²) in [5, 5.41) is 0. The normalized spacial score (nSPS) is 50.4. The van der Waals surface area contributed by atoms with Gasteiger partial charge in [-0.1, -0.05) is 6.07 Å².